The topological polar surface area (TPSA) is 17.1 Å². The van der Waals surface area contributed by atoms with E-state index in [-0.39, 0.29) is 5.78 Å². The van der Waals surface area contributed by atoms with Gasteiger partial charge in [-0.3, -0.25) is 4.79 Å². The van der Waals surface area contributed by atoms with Crippen molar-refractivity contribution < 1.29 is 4.79 Å². The molecule has 1 aromatic carbocycles. The van der Waals surface area contributed by atoms with E-state index in [0.717, 1.165) is 12.0 Å². The molecule has 0 aliphatic carbocycles. The summed E-state index contributed by atoms with van der Waals surface area (Å²) in [5, 5.41) is 0. The van der Waals surface area contributed by atoms with E-state index < -0.39 is 0 Å². The molecule has 0 amide bonds. The predicted octanol–water partition coefficient (Wildman–Crippen LogP) is 4.41. The highest BCUT2D eigenvalue weighted by molar-refractivity contribution is 6.18. The van der Waals surface area contributed by atoms with Gasteiger partial charge in [0.1, 0.15) is 0 Å². The molecule has 0 fully saturated rings. The standard InChI is InChI=1S/C16H22O/c1-4-5-6-7-8-15-9-11-16(12-10-15)13(2)14(3)17/h9-12H,2,4-8H2,1,3H3. The van der Waals surface area contributed by atoms with Crippen LogP contribution in [0.3, 0.4) is 0 Å². The zero-order valence-corrected chi connectivity index (χ0v) is 11.0. The first kappa shape index (κ1) is 13.7. The van der Waals surface area contributed by atoms with Crippen LogP contribution < -0.4 is 0 Å². The van der Waals surface area contributed by atoms with E-state index in [0.29, 0.717) is 5.57 Å². The quantitative estimate of drug-likeness (QED) is 0.501. The van der Waals surface area contributed by atoms with Gasteiger partial charge in [0.2, 0.25) is 0 Å². The van der Waals surface area contributed by atoms with Crippen molar-refractivity contribution in [2.24, 2.45) is 0 Å². The van der Waals surface area contributed by atoms with E-state index in [9.17, 15) is 4.79 Å². The van der Waals surface area contributed by atoms with E-state index in [1.807, 2.05) is 12.1 Å². The second kappa shape index (κ2) is 7.05. The minimum Gasteiger partial charge on any atom is -0.295 e. The third-order valence-electron chi connectivity index (χ3n) is 3.05. The molecular formula is C16H22O. The highest BCUT2D eigenvalue weighted by Crippen LogP contribution is 2.15. The Kier molecular flexibility index (Phi) is 5.68. The maximum absolute atomic E-state index is 11.2. The summed E-state index contributed by atoms with van der Waals surface area (Å²) >= 11 is 0. The molecular weight excluding hydrogens is 208 g/mol. The van der Waals surface area contributed by atoms with Gasteiger partial charge >= 0.3 is 0 Å². The Bertz CT molecular complexity index is 373. The van der Waals surface area contributed by atoms with Crippen LogP contribution in [0.4, 0.5) is 0 Å². The molecule has 92 valence electrons. The minimum absolute atomic E-state index is 0.0423. The molecule has 0 radical (unpaired) electrons. The van der Waals surface area contributed by atoms with E-state index in [2.05, 4.69) is 25.6 Å². The summed E-state index contributed by atoms with van der Waals surface area (Å²) in [5.74, 6) is 0.0423. The fraction of sp³-hybridized carbons (Fsp3) is 0.438. The van der Waals surface area contributed by atoms with Gasteiger partial charge in [-0.15, -0.1) is 0 Å². The van der Waals surface area contributed by atoms with E-state index >= 15 is 0 Å². The maximum atomic E-state index is 11.2. The number of allylic oxidation sites excluding steroid dienone is 1. The largest absolute Gasteiger partial charge is 0.295 e. The lowest BCUT2D eigenvalue weighted by Crippen LogP contribution is -1.94. The van der Waals surface area contributed by atoms with Crippen molar-refractivity contribution in [2.75, 3.05) is 0 Å². The fourth-order valence-corrected chi connectivity index (χ4v) is 1.83. The predicted molar refractivity (Wildman–Crippen MR) is 74.0 cm³/mol. The van der Waals surface area contributed by atoms with Crippen molar-refractivity contribution in [1.82, 2.24) is 0 Å². The molecule has 0 atom stereocenters. The molecule has 1 nitrogen and oxygen atoms in total. The summed E-state index contributed by atoms with van der Waals surface area (Å²) in [5.41, 5.74) is 2.89. The van der Waals surface area contributed by atoms with Gasteiger partial charge in [-0.25, -0.2) is 0 Å². The third-order valence-corrected chi connectivity index (χ3v) is 3.05. The molecule has 1 rings (SSSR count). The third kappa shape index (κ3) is 4.56. The van der Waals surface area contributed by atoms with E-state index in [4.69, 9.17) is 0 Å². The number of Topliss-reactive ketones (excluding diaryl/α,β-unsaturated/α-hetero) is 1. The lowest BCUT2D eigenvalue weighted by molar-refractivity contribution is -0.111. The second-order valence-electron chi connectivity index (χ2n) is 4.54. The average Bonchev–Trinajstić information content (AvgIpc) is 2.34. The lowest BCUT2D eigenvalue weighted by Gasteiger charge is -2.04. The molecule has 0 spiro atoms. The van der Waals surface area contributed by atoms with Crippen LogP contribution in [-0.4, -0.2) is 5.78 Å². The minimum atomic E-state index is 0.0423. The monoisotopic (exact) mass is 230 g/mol. The van der Waals surface area contributed by atoms with Crippen LogP contribution in [0, 0.1) is 0 Å². The number of carbonyl (C=O) groups excluding carboxylic acids is 1. The number of ketones is 1. The molecule has 17 heavy (non-hydrogen) atoms. The van der Waals surface area contributed by atoms with E-state index in [1.165, 1.54) is 31.2 Å². The number of unbranched alkanes of at least 4 members (excludes halogenated alkanes) is 3. The van der Waals surface area contributed by atoms with Gasteiger partial charge in [-0.05, 0) is 30.9 Å². The number of hydrogen-bond donors (Lipinski definition) is 0. The van der Waals surface area contributed by atoms with Gasteiger partial charge in [-0.2, -0.15) is 0 Å². The first-order valence-corrected chi connectivity index (χ1v) is 6.44. The van der Waals surface area contributed by atoms with Crippen LogP contribution in [0.15, 0.2) is 30.8 Å². The first-order chi connectivity index (χ1) is 8.15. The molecule has 1 heteroatoms. The van der Waals surface area contributed by atoms with Crippen molar-refractivity contribution in [2.45, 2.75) is 46.0 Å². The second-order valence-corrected chi connectivity index (χ2v) is 4.54. The summed E-state index contributed by atoms with van der Waals surface area (Å²) in [4.78, 5) is 11.2. The van der Waals surface area contributed by atoms with Crippen LogP contribution in [-0.2, 0) is 11.2 Å². The lowest BCUT2D eigenvalue weighted by atomic mass is 10.0. The van der Waals surface area contributed by atoms with Crippen LogP contribution in [0.2, 0.25) is 0 Å². The highest BCUT2D eigenvalue weighted by atomic mass is 16.1. The number of hydrogen-bond acceptors (Lipinski definition) is 1. The zero-order valence-electron chi connectivity index (χ0n) is 11.0. The van der Waals surface area contributed by atoms with Gasteiger partial charge < -0.3 is 0 Å². The summed E-state index contributed by atoms with van der Waals surface area (Å²) in [6.07, 6.45) is 6.28. The smallest absolute Gasteiger partial charge is 0.159 e. The Hall–Kier alpha value is -1.37. The van der Waals surface area contributed by atoms with Gasteiger partial charge in [0.25, 0.3) is 0 Å². The Morgan fingerprint density at radius 3 is 2.29 bits per heavy atom. The number of rotatable bonds is 7. The molecule has 1 aromatic rings. The Morgan fingerprint density at radius 1 is 1.12 bits per heavy atom. The van der Waals surface area contributed by atoms with Gasteiger partial charge in [0.05, 0.1) is 0 Å². The van der Waals surface area contributed by atoms with Crippen LogP contribution in [0.5, 0.6) is 0 Å². The molecule has 0 bridgehead atoms. The Morgan fingerprint density at radius 2 is 1.76 bits per heavy atom. The number of benzene rings is 1. The molecule has 0 N–H and O–H groups in total. The van der Waals surface area contributed by atoms with Crippen molar-refractivity contribution in [1.29, 1.82) is 0 Å². The zero-order chi connectivity index (χ0) is 12.7. The van der Waals surface area contributed by atoms with Gasteiger partial charge in [-0.1, -0.05) is 57.0 Å². The molecule has 0 aliphatic heterocycles. The highest BCUT2D eigenvalue weighted by Gasteiger charge is 2.03. The first-order valence-electron chi connectivity index (χ1n) is 6.44. The SMILES string of the molecule is C=C(C(C)=O)c1ccc(CCCCCC)cc1. The molecule has 0 aliphatic rings. The van der Waals surface area contributed by atoms with Crippen molar-refractivity contribution in [3.8, 4) is 0 Å². The van der Waals surface area contributed by atoms with Crippen LogP contribution in [0.25, 0.3) is 5.57 Å². The van der Waals surface area contributed by atoms with Crippen LogP contribution in [0.1, 0.15) is 50.7 Å². The normalized spacial score (nSPS) is 10.2. The Balaban J connectivity index is 2.50. The Labute approximate surface area is 105 Å². The molecule has 0 saturated carbocycles. The summed E-state index contributed by atoms with van der Waals surface area (Å²) < 4.78 is 0. The summed E-state index contributed by atoms with van der Waals surface area (Å²) in [7, 11) is 0. The molecule has 0 heterocycles. The van der Waals surface area contributed by atoms with Crippen molar-refractivity contribution >= 4 is 11.4 Å². The molecule has 0 aromatic heterocycles. The van der Waals surface area contributed by atoms with Crippen LogP contribution >= 0.6 is 0 Å². The maximum Gasteiger partial charge on any atom is 0.159 e. The van der Waals surface area contributed by atoms with Gasteiger partial charge in [0, 0.05) is 5.57 Å². The van der Waals surface area contributed by atoms with E-state index in [1.54, 1.807) is 6.92 Å². The van der Waals surface area contributed by atoms with Gasteiger partial charge in [0.15, 0.2) is 5.78 Å². The average molecular weight is 230 g/mol. The number of carbonyl (C=O) groups is 1. The van der Waals surface area contributed by atoms with Crippen molar-refractivity contribution in [3.63, 3.8) is 0 Å². The molecule has 0 unspecified atom stereocenters. The molecule has 0 saturated heterocycles. The van der Waals surface area contributed by atoms with Crippen molar-refractivity contribution in [3.05, 3.63) is 42.0 Å². The number of aryl methyl sites for hydroxylation is 1. The fourth-order valence-electron chi connectivity index (χ4n) is 1.83. The summed E-state index contributed by atoms with van der Waals surface area (Å²) in [6, 6.07) is 8.21. The summed E-state index contributed by atoms with van der Waals surface area (Å²) in [6.45, 7) is 7.57.